The second-order valence-corrected chi connectivity index (χ2v) is 4.96. The summed E-state index contributed by atoms with van der Waals surface area (Å²) in [6.45, 7) is 4.66. The molecule has 0 spiro atoms. The Morgan fingerprint density at radius 3 is 2.79 bits per heavy atom. The molecule has 0 aromatic rings. The van der Waals surface area contributed by atoms with Gasteiger partial charge in [0.25, 0.3) is 0 Å². The van der Waals surface area contributed by atoms with Crippen molar-refractivity contribution < 1.29 is 14.3 Å². The molecule has 98 valence electrons. The summed E-state index contributed by atoms with van der Waals surface area (Å²) in [5.74, 6) is -0.619. The van der Waals surface area contributed by atoms with Crippen molar-refractivity contribution >= 4 is 11.7 Å². The van der Waals surface area contributed by atoms with Gasteiger partial charge in [-0.15, -0.1) is 0 Å². The van der Waals surface area contributed by atoms with Crippen molar-refractivity contribution in [3.63, 3.8) is 0 Å². The molecule has 1 N–H and O–H groups in total. The number of amides is 1. The van der Waals surface area contributed by atoms with Crippen molar-refractivity contribution in [2.45, 2.75) is 32.5 Å². The summed E-state index contributed by atoms with van der Waals surface area (Å²) < 4.78 is 5.70. The van der Waals surface area contributed by atoms with Gasteiger partial charge in [0.2, 0.25) is 11.7 Å². The molecule has 0 saturated carbocycles. The molecular formula is C14H14N2O3. The van der Waals surface area contributed by atoms with Gasteiger partial charge in [-0.05, 0) is 32.1 Å². The van der Waals surface area contributed by atoms with Gasteiger partial charge in [-0.2, -0.15) is 5.26 Å². The molecule has 1 aliphatic heterocycles. The zero-order chi connectivity index (χ0) is 14.2. The highest BCUT2D eigenvalue weighted by atomic mass is 16.5. The van der Waals surface area contributed by atoms with Crippen LogP contribution in [0.15, 0.2) is 35.1 Å². The molecule has 5 heteroatoms. The van der Waals surface area contributed by atoms with E-state index < -0.39 is 11.7 Å². The van der Waals surface area contributed by atoms with Crippen LogP contribution in [0.1, 0.15) is 20.8 Å². The Balaban J connectivity index is 2.57. The Labute approximate surface area is 111 Å². The third kappa shape index (κ3) is 2.35. The lowest BCUT2D eigenvalue weighted by Crippen LogP contribution is -2.48. The Bertz CT molecular complexity index is 588. The maximum atomic E-state index is 12.3. The van der Waals surface area contributed by atoms with Crippen LogP contribution in [-0.4, -0.2) is 23.4 Å². The average Bonchev–Trinajstić information content (AvgIpc) is 2.34. The van der Waals surface area contributed by atoms with Gasteiger partial charge in [0.15, 0.2) is 0 Å². The van der Waals surface area contributed by atoms with Crippen molar-refractivity contribution in [3.8, 4) is 6.07 Å². The topological polar surface area (TPSA) is 79.2 Å². The molecule has 0 aromatic heterocycles. The summed E-state index contributed by atoms with van der Waals surface area (Å²) in [5.41, 5.74) is 0.156. The van der Waals surface area contributed by atoms with Gasteiger partial charge >= 0.3 is 0 Å². The Morgan fingerprint density at radius 2 is 2.21 bits per heavy atom. The van der Waals surface area contributed by atoms with Gasteiger partial charge in [0, 0.05) is 12.5 Å². The smallest absolute Gasteiger partial charge is 0.221 e. The summed E-state index contributed by atoms with van der Waals surface area (Å²) in [6.07, 6.45) is 4.50. The summed E-state index contributed by atoms with van der Waals surface area (Å²) >= 11 is 0. The van der Waals surface area contributed by atoms with Gasteiger partial charge < -0.3 is 10.1 Å². The highest BCUT2D eigenvalue weighted by Gasteiger charge is 2.41. The zero-order valence-corrected chi connectivity index (χ0v) is 11.0. The fourth-order valence-electron chi connectivity index (χ4n) is 2.09. The van der Waals surface area contributed by atoms with Crippen molar-refractivity contribution in [3.05, 3.63) is 35.1 Å². The molecular weight excluding hydrogens is 244 g/mol. The van der Waals surface area contributed by atoms with Gasteiger partial charge in [-0.3, -0.25) is 9.59 Å². The van der Waals surface area contributed by atoms with Crippen LogP contribution in [-0.2, 0) is 14.3 Å². The third-order valence-electron chi connectivity index (χ3n) is 2.98. The lowest BCUT2D eigenvalue weighted by molar-refractivity contribution is -0.142. The number of nitrogens with zero attached hydrogens (tertiary/aromatic N) is 1. The highest BCUT2D eigenvalue weighted by molar-refractivity contribution is 6.05. The van der Waals surface area contributed by atoms with Crippen LogP contribution in [0.2, 0.25) is 0 Å². The molecule has 1 heterocycles. The van der Waals surface area contributed by atoms with Crippen LogP contribution >= 0.6 is 0 Å². The summed E-state index contributed by atoms with van der Waals surface area (Å²) in [4.78, 5) is 23.6. The maximum absolute atomic E-state index is 12.3. The molecule has 1 atom stereocenters. The zero-order valence-electron chi connectivity index (χ0n) is 11.0. The van der Waals surface area contributed by atoms with E-state index in [1.54, 1.807) is 32.1 Å². The minimum atomic E-state index is -1.01. The number of ether oxygens (including phenoxy) is 1. The lowest BCUT2D eigenvalue weighted by atomic mass is 9.87. The van der Waals surface area contributed by atoms with E-state index in [9.17, 15) is 9.59 Å². The van der Waals surface area contributed by atoms with E-state index in [1.165, 1.54) is 6.92 Å². The first-order chi connectivity index (χ1) is 8.85. The number of fused-ring (bicyclic) bond motifs is 1. The van der Waals surface area contributed by atoms with Crippen LogP contribution in [0.25, 0.3) is 0 Å². The monoisotopic (exact) mass is 258 g/mol. The van der Waals surface area contributed by atoms with E-state index in [-0.39, 0.29) is 17.4 Å². The van der Waals surface area contributed by atoms with Crippen LogP contribution in [0.4, 0.5) is 0 Å². The third-order valence-corrected chi connectivity index (χ3v) is 2.98. The summed E-state index contributed by atoms with van der Waals surface area (Å²) in [7, 11) is 0. The number of rotatable bonds is 1. The van der Waals surface area contributed by atoms with E-state index in [0.717, 1.165) is 0 Å². The molecule has 19 heavy (non-hydrogen) atoms. The number of carbonyl (C=O) groups is 2. The van der Waals surface area contributed by atoms with Crippen LogP contribution in [0, 0.1) is 11.3 Å². The number of hydrogen-bond acceptors (Lipinski definition) is 4. The highest BCUT2D eigenvalue weighted by Crippen LogP contribution is 2.33. The second kappa shape index (κ2) is 4.48. The number of carbonyl (C=O) groups excluding carboxylic acids is 2. The number of nitriles is 1. The van der Waals surface area contributed by atoms with Gasteiger partial charge in [-0.1, -0.05) is 0 Å². The fraction of sp³-hybridized carbons (Fsp3) is 0.357. The standard InChI is InChI=1S/C14H14N2O3/c1-8(17)16-12-10-6-9(7-15)4-5-11(10)19-14(2,3)13(12)18/h4-6,11H,1-3H3,(H,16,17). The molecule has 1 unspecified atom stereocenters. The van der Waals surface area contributed by atoms with Crippen molar-refractivity contribution in [2.24, 2.45) is 0 Å². The molecule has 0 saturated heterocycles. The van der Waals surface area contributed by atoms with Crippen LogP contribution < -0.4 is 5.32 Å². The van der Waals surface area contributed by atoms with Gasteiger partial charge in [0.05, 0.1) is 17.3 Å². The molecule has 0 bridgehead atoms. The second-order valence-electron chi connectivity index (χ2n) is 4.96. The largest absolute Gasteiger partial charge is 0.355 e. The van der Waals surface area contributed by atoms with Crippen molar-refractivity contribution in [1.82, 2.24) is 5.32 Å². The predicted octanol–water partition coefficient (Wildman–Crippen LogP) is 1.14. The first-order valence-corrected chi connectivity index (χ1v) is 5.89. The lowest BCUT2D eigenvalue weighted by Gasteiger charge is -2.36. The minimum absolute atomic E-state index is 0.214. The van der Waals surface area contributed by atoms with Crippen LogP contribution in [0.5, 0.6) is 0 Å². The number of ketones is 1. The van der Waals surface area contributed by atoms with Gasteiger partial charge in [0.1, 0.15) is 11.7 Å². The SMILES string of the molecule is CC(=O)NC1=C2C=C(C#N)C=CC2OC(C)(C)C1=O. The summed E-state index contributed by atoms with van der Waals surface area (Å²) in [6, 6.07) is 2.01. The predicted molar refractivity (Wildman–Crippen MR) is 67.6 cm³/mol. The normalized spacial score (nSPS) is 24.4. The molecule has 5 nitrogen and oxygen atoms in total. The molecule has 0 fully saturated rings. The van der Waals surface area contributed by atoms with E-state index >= 15 is 0 Å². The van der Waals surface area contributed by atoms with Crippen LogP contribution in [0.3, 0.4) is 0 Å². The van der Waals surface area contributed by atoms with E-state index in [1.807, 2.05) is 6.07 Å². The first-order valence-electron chi connectivity index (χ1n) is 5.89. The quantitative estimate of drug-likeness (QED) is 0.765. The van der Waals surface area contributed by atoms with E-state index in [0.29, 0.717) is 11.1 Å². The van der Waals surface area contributed by atoms with E-state index in [4.69, 9.17) is 10.00 Å². The average molecular weight is 258 g/mol. The molecule has 2 rings (SSSR count). The molecule has 2 aliphatic rings. The molecule has 1 aliphatic carbocycles. The number of hydrogen-bond donors (Lipinski definition) is 1. The van der Waals surface area contributed by atoms with E-state index in [2.05, 4.69) is 5.32 Å². The minimum Gasteiger partial charge on any atom is -0.355 e. The number of nitrogens with one attached hydrogen (secondary N) is 1. The molecule has 0 aromatic carbocycles. The molecule has 0 radical (unpaired) electrons. The summed E-state index contributed by atoms with van der Waals surface area (Å²) in [5, 5.41) is 11.5. The van der Waals surface area contributed by atoms with Crippen molar-refractivity contribution in [1.29, 1.82) is 5.26 Å². The maximum Gasteiger partial charge on any atom is 0.221 e. The van der Waals surface area contributed by atoms with Crippen molar-refractivity contribution in [2.75, 3.05) is 0 Å². The molecule has 1 amide bonds. The first kappa shape index (κ1) is 13.2. The van der Waals surface area contributed by atoms with Gasteiger partial charge in [-0.25, -0.2) is 0 Å². The Hall–Kier alpha value is -2.19. The Morgan fingerprint density at radius 1 is 1.53 bits per heavy atom. The number of allylic oxidation sites excluding steroid dienone is 2. The Kier molecular flexibility index (Phi) is 3.13. The fourth-order valence-corrected chi connectivity index (χ4v) is 2.09. The number of Topliss-reactive ketones (excluding diaryl/α,β-unsaturated/α-hetero) is 1.